The van der Waals surface area contributed by atoms with Gasteiger partial charge in [0.15, 0.2) is 0 Å². The summed E-state index contributed by atoms with van der Waals surface area (Å²) in [6.07, 6.45) is 2.32. The van der Waals surface area contributed by atoms with E-state index in [1.54, 1.807) is 0 Å². The fourth-order valence-corrected chi connectivity index (χ4v) is 4.59. The lowest BCUT2D eigenvalue weighted by molar-refractivity contribution is -0.131. The third kappa shape index (κ3) is 4.66. The fraction of sp³-hybridized carbons (Fsp3) is 0.458. The number of halogens is 1. The molecule has 1 saturated heterocycles. The Balaban J connectivity index is 1.75. The quantitative estimate of drug-likeness (QED) is 0.651. The summed E-state index contributed by atoms with van der Waals surface area (Å²) >= 11 is 3.49. The van der Waals surface area contributed by atoms with E-state index in [2.05, 4.69) is 78.4 Å². The normalized spacial score (nSPS) is 17.7. The first-order valence-electron chi connectivity index (χ1n) is 10.0. The number of carbonyl (C=O) groups excluding carboxylic acids is 1. The lowest BCUT2D eigenvalue weighted by atomic mass is 9.73. The van der Waals surface area contributed by atoms with Crippen LogP contribution in [0.4, 0.5) is 0 Å². The van der Waals surface area contributed by atoms with E-state index < -0.39 is 5.41 Å². The number of carbonyl (C=O) groups is 1. The van der Waals surface area contributed by atoms with E-state index in [1.807, 2.05) is 18.2 Å². The molecule has 1 heterocycles. The zero-order chi connectivity index (χ0) is 20.2. The van der Waals surface area contributed by atoms with Gasteiger partial charge in [0.05, 0.1) is 5.41 Å². The molecule has 1 aliphatic heterocycles. The van der Waals surface area contributed by atoms with Crippen molar-refractivity contribution in [3.05, 3.63) is 70.2 Å². The van der Waals surface area contributed by atoms with E-state index in [4.69, 9.17) is 4.74 Å². The van der Waals surface area contributed by atoms with Gasteiger partial charge in [0.2, 0.25) is 5.91 Å². The summed E-state index contributed by atoms with van der Waals surface area (Å²) in [6.45, 7) is 7.83. The van der Waals surface area contributed by atoms with Gasteiger partial charge in [-0.3, -0.25) is 4.79 Å². The Labute approximate surface area is 177 Å². The predicted molar refractivity (Wildman–Crippen MR) is 118 cm³/mol. The lowest BCUT2D eigenvalue weighted by Crippen LogP contribution is -2.51. The highest BCUT2D eigenvalue weighted by Crippen LogP contribution is 2.36. The first-order valence-corrected chi connectivity index (χ1v) is 10.8. The molecule has 4 heteroatoms. The monoisotopic (exact) mass is 443 g/mol. The molecule has 1 fully saturated rings. The Morgan fingerprint density at radius 3 is 2.32 bits per heavy atom. The Kier molecular flexibility index (Phi) is 6.61. The standard InChI is InChI=1S/C24H30BrNO2/c1-18(17-23(2,3)19-7-5-4-6-8-19)26-22(27)24(13-15-28-16-14-24)20-9-11-21(25)12-10-20/h4-12,18H,13-17H2,1-3H3,(H,26,27). The van der Waals surface area contributed by atoms with Gasteiger partial charge in [0.1, 0.15) is 0 Å². The van der Waals surface area contributed by atoms with E-state index in [0.29, 0.717) is 13.2 Å². The van der Waals surface area contributed by atoms with Gasteiger partial charge < -0.3 is 10.1 Å². The topological polar surface area (TPSA) is 38.3 Å². The first-order chi connectivity index (χ1) is 13.3. The summed E-state index contributed by atoms with van der Waals surface area (Å²) < 4.78 is 6.60. The molecule has 0 aromatic heterocycles. The minimum atomic E-state index is -0.510. The van der Waals surface area contributed by atoms with Gasteiger partial charge in [-0.2, -0.15) is 0 Å². The molecule has 1 unspecified atom stereocenters. The van der Waals surface area contributed by atoms with Crippen LogP contribution in [0.5, 0.6) is 0 Å². The second-order valence-electron chi connectivity index (χ2n) is 8.53. The molecular weight excluding hydrogens is 414 g/mol. The Bertz CT molecular complexity index is 780. The van der Waals surface area contributed by atoms with Crippen molar-refractivity contribution in [2.45, 2.75) is 56.9 Å². The van der Waals surface area contributed by atoms with Crippen molar-refractivity contribution in [1.29, 1.82) is 0 Å². The molecule has 0 radical (unpaired) electrons. The van der Waals surface area contributed by atoms with Crippen LogP contribution >= 0.6 is 15.9 Å². The van der Waals surface area contributed by atoms with Crippen molar-refractivity contribution < 1.29 is 9.53 Å². The van der Waals surface area contributed by atoms with Crippen LogP contribution in [0.1, 0.15) is 51.2 Å². The van der Waals surface area contributed by atoms with Crippen LogP contribution in [0.25, 0.3) is 0 Å². The van der Waals surface area contributed by atoms with Crippen molar-refractivity contribution >= 4 is 21.8 Å². The van der Waals surface area contributed by atoms with Crippen LogP contribution in [-0.4, -0.2) is 25.2 Å². The molecule has 0 saturated carbocycles. The zero-order valence-corrected chi connectivity index (χ0v) is 18.6. The molecule has 0 spiro atoms. The van der Waals surface area contributed by atoms with Gasteiger partial charge in [-0.05, 0) is 54.9 Å². The predicted octanol–water partition coefficient (Wildman–Crippen LogP) is 5.37. The van der Waals surface area contributed by atoms with Gasteiger partial charge in [-0.15, -0.1) is 0 Å². The number of ether oxygens (including phenoxy) is 1. The van der Waals surface area contributed by atoms with E-state index >= 15 is 0 Å². The number of amides is 1. The van der Waals surface area contributed by atoms with Crippen LogP contribution in [0, 0.1) is 0 Å². The highest BCUT2D eigenvalue weighted by atomic mass is 79.9. The van der Waals surface area contributed by atoms with Gasteiger partial charge >= 0.3 is 0 Å². The van der Waals surface area contributed by atoms with E-state index in [9.17, 15) is 4.79 Å². The Hall–Kier alpha value is -1.65. The minimum Gasteiger partial charge on any atom is -0.381 e. The molecule has 150 valence electrons. The highest BCUT2D eigenvalue weighted by molar-refractivity contribution is 9.10. The zero-order valence-electron chi connectivity index (χ0n) is 17.0. The molecular formula is C24H30BrNO2. The molecule has 1 aliphatic rings. The minimum absolute atomic E-state index is 0.00555. The summed E-state index contributed by atoms with van der Waals surface area (Å²) in [5, 5.41) is 3.32. The van der Waals surface area contributed by atoms with Gasteiger partial charge in [0, 0.05) is 23.7 Å². The molecule has 1 N–H and O–H groups in total. The van der Waals surface area contributed by atoms with Crippen LogP contribution in [0.15, 0.2) is 59.1 Å². The molecule has 28 heavy (non-hydrogen) atoms. The Morgan fingerprint density at radius 2 is 1.71 bits per heavy atom. The van der Waals surface area contributed by atoms with Crippen LogP contribution in [-0.2, 0) is 20.4 Å². The summed E-state index contributed by atoms with van der Waals surface area (Å²) in [5.74, 6) is 0.120. The van der Waals surface area contributed by atoms with E-state index in [1.165, 1.54) is 5.56 Å². The summed E-state index contributed by atoms with van der Waals surface area (Å²) in [4.78, 5) is 13.5. The van der Waals surface area contributed by atoms with Crippen molar-refractivity contribution in [2.75, 3.05) is 13.2 Å². The number of nitrogens with one attached hydrogen (secondary N) is 1. The highest BCUT2D eigenvalue weighted by Gasteiger charge is 2.42. The van der Waals surface area contributed by atoms with Crippen molar-refractivity contribution in [3.63, 3.8) is 0 Å². The average Bonchev–Trinajstić information content (AvgIpc) is 2.69. The molecule has 1 amide bonds. The fourth-order valence-electron chi connectivity index (χ4n) is 4.32. The van der Waals surface area contributed by atoms with Crippen LogP contribution in [0.2, 0.25) is 0 Å². The SMILES string of the molecule is CC(CC(C)(C)c1ccccc1)NC(=O)C1(c2ccc(Br)cc2)CCOCC1. The van der Waals surface area contributed by atoms with Crippen molar-refractivity contribution in [2.24, 2.45) is 0 Å². The van der Waals surface area contributed by atoms with Crippen LogP contribution in [0.3, 0.4) is 0 Å². The second kappa shape index (κ2) is 8.79. The molecule has 0 bridgehead atoms. The van der Waals surface area contributed by atoms with E-state index in [0.717, 1.165) is 29.3 Å². The summed E-state index contributed by atoms with van der Waals surface area (Å²) in [6, 6.07) is 18.8. The molecule has 0 aliphatic carbocycles. The number of rotatable bonds is 6. The maximum absolute atomic E-state index is 13.5. The van der Waals surface area contributed by atoms with Gasteiger partial charge in [0.25, 0.3) is 0 Å². The molecule has 3 rings (SSSR count). The second-order valence-corrected chi connectivity index (χ2v) is 9.45. The molecule has 2 aromatic carbocycles. The van der Waals surface area contributed by atoms with Crippen molar-refractivity contribution in [3.8, 4) is 0 Å². The Morgan fingerprint density at radius 1 is 1.11 bits per heavy atom. The molecule has 1 atom stereocenters. The maximum atomic E-state index is 13.5. The van der Waals surface area contributed by atoms with Gasteiger partial charge in [-0.1, -0.05) is 72.2 Å². The van der Waals surface area contributed by atoms with E-state index in [-0.39, 0.29) is 17.4 Å². The molecule has 3 nitrogen and oxygen atoms in total. The smallest absolute Gasteiger partial charge is 0.231 e. The largest absolute Gasteiger partial charge is 0.381 e. The van der Waals surface area contributed by atoms with Crippen LogP contribution < -0.4 is 5.32 Å². The third-order valence-electron chi connectivity index (χ3n) is 5.93. The summed E-state index contributed by atoms with van der Waals surface area (Å²) in [5.41, 5.74) is 1.86. The maximum Gasteiger partial charge on any atom is 0.231 e. The number of benzene rings is 2. The van der Waals surface area contributed by atoms with Gasteiger partial charge in [-0.25, -0.2) is 0 Å². The average molecular weight is 444 g/mol. The first kappa shape index (κ1) is 21.1. The third-order valence-corrected chi connectivity index (χ3v) is 6.46. The van der Waals surface area contributed by atoms with Crippen molar-refractivity contribution in [1.82, 2.24) is 5.32 Å². The number of hydrogen-bond donors (Lipinski definition) is 1. The number of hydrogen-bond acceptors (Lipinski definition) is 2. The summed E-state index contributed by atoms with van der Waals surface area (Å²) in [7, 11) is 0. The molecule has 2 aromatic rings. The lowest BCUT2D eigenvalue weighted by Gasteiger charge is -2.38.